The molecule has 2 amide bonds. The quantitative estimate of drug-likeness (QED) is 0.203. The highest BCUT2D eigenvalue weighted by atomic mass is 35.5. The largest absolute Gasteiger partial charge is 0.351 e. The number of hydrogen-bond donors (Lipinski definition) is 1. The van der Waals surface area contributed by atoms with Crippen LogP contribution in [0.3, 0.4) is 0 Å². The van der Waals surface area contributed by atoms with Gasteiger partial charge in [-0.25, -0.2) is 13.2 Å². The lowest BCUT2D eigenvalue weighted by atomic mass is 9.91. The van der Waals surface area contributed by atoms with E-state index in [0.29, 0.717) is 17.0 Å². The summed E-state index contributed by atoms with van der Waals surface area (Å²) in [7, 11) is -10.1. The Hall–Kier alpha value is -3.32. The standard InChI is InChI=1S/C25H24ClF8N5O2S/c26-16-10-21(38(13-16)14-35)24(41)39(19-1-3-20(4-2-19)42(30,31,32,33)34)22(15-9-17(27)12-36-11-15)23(40)37-18-5-7-25(28,29)8-6-18/h1-4,9,11-12,16,18,21-22H,5-8,10,13H2,(H,37,40). The SMILES string of the molecule is N#CN1CC(Cl)CC1C(=O)N(c1ccc(S(F)(F)(F)(F)F)cc1)C(C(=O)NC1CCC(F)(F)CC1)c1cncc(F)c1. The van der Waals surface area contributed by atoms with Crippen molar-refractivity contribution in [1.82, 2.24) is 15.2 Å². The Morgan fingerprint density at radius 2 is 1.74 bits per heavy atom. The van der Waals surface area contributed by atoms with Gasteiger partial charge in [-0.05, 0) is 49.6 Å². The fourth-order valence-electron chi connectivity index (χ4n) is 5.02. The highest BCUT2D eigenvalue weighted by molar-refractivity contribution is 8.45. The maximum Gasteiger partial charge on any atom is 0.310 e. The molecule has 0 radical (unpaired) electrons. The van der Waals surface area contributed by atoms with Crippen molar-refractivity contribution in [3.05, 3.63) is 54.1 Å². The van der Waals surface area contributed by atoms with Crippen LogP contribution in [-0.2, 0) is 9.59 Å². The number of likely N-dealkylation sites (tertiary alicyclic amines) is 1. The first-order chi connectivity index (χ1) is 19.3. The number of rotatable bonds is 7. The van der Waals surface area contributed by atoms with Crippen LogP contribution in [0.25, 0.3) is 0 Å². The Morgan fingerprint density at radius 1 is 1.12 bits per heavy atom. The van der Waals surface area contributed by atoms with E-state index in [1.807, 2.05) is 0 Å². The van der Waals surface area contributed by atoms with E-state index >= 15 is 0 Å². The number of benzene rings is 1. The molecule has 3 unspecified atom stereocenters. The fraction of sp³-hybridized carbons (Fsp3) is 0.440. The van der Waals surface area contributed by atoms with Gasteiger partial charge in [-0.3, -0.25) is 24.4 Å². The number of carbonyl (C=O) groups excluding carboxylic acids is 2. The second-order valence-corrected chi connectivity index (χ2v) is 13.3. The molecule has 0 spiro atoms. The molecule has 1 aromatic heterocycles. The van der Waals surface area contributed by atoms with Crippen LogP contribution in [0.2, 0.25) is 0 Å². The van der Waals surface area contributed by atoms with Crippen LogP contribution in [0.4, 0.5) is 38.3 Å². The predicted molar refractivity (Wildman–Crippen MR) is 138 cm³/mol. The van der Waals surface area contributed by atoms with E-state index in [9.17, 15) is 47.5 Å². The number of amides is 2. The Kier molecular flexibility index (Phi) is 7.86. The smallest absolute Gasteiger partial charge is 0.310 e. The summed E-state index contributed by atoms with van der Waals surface area (Å²) in [6, 6.07) is -1.96. The third-order valence-electron chi connectivity index (χ3n) is 7.07. The molecule has 1 N–H and O–H groups in total. The van der Waals surface area contributed by atoms with Gasteiger partial charge in [0.15, 0.2) is 6.19 Å². The molecule has 2 aliphatic rings. The zero-order valence-electron chi connectivity index (χ0n) is 21.5. The number of alkyl halides is 3. The molecular formula is C25H24ClF8N5O2S. The molecule has 1 aliphatic heterocycles. The monoisotopic (exact) mass is 645 g/mol. The Balaban J connectivity index is 1.82. The third kappa shape index (κ3) is 7.17. The van der Waals surface area contributed by atoms with Crippen molar-refractivity contribution in [1.29, 1.82) is 5.26 Å². The Bertz CT molecular complexity index is 1400. The van der Waals surface area contributed by atoms with Gasteiger partial charge in [0.25, 0.3) is 5.91 Å². The maximum atomic E-state index is 14.3. The van der Waals surface area contributed by atoms with Crippen LogP contribution in [0.1, 0.15) is 43.7 Å². The Labute approximate surface area is 240 Å². The first kappa shape index (κ1) is 31.6. The molecule has 1 aliphatic carbocycles. The molecule has 2 heterocycles. The highest BCUT2D eigenvalue weighted by Crippen LogP contribution is 3.02. The first-order valence-corrected chi connectivity index (χ1v) is 14.9. The number of halogens is 9. The second-order valence-electron chi connectivity index (χ2n) is 10.3. The fourth-order valence-corrected chi connectivity index (χ4v) is 5.99. The molecule has 2 fully saturated rings. The summed E-state index contributed by atoms with van der Waals surface area (Å²) < 4.78 is 109. The molecule has 3 atom stereocenters. The topological polar surface area (TPSA) is 89.3 Å². The lowest BCUT2D eigenvalue weighted by Gasteiger charge is -2.41. The second kappa shape index (κ2) is 10.4. The molecule has 230 valence electrons. The van der Waals surface area contributed by atoms with Gasteiger partial charge < -0.3 is 5.32 Å². The maximum absolute atomic E-state index is 14.3. The average molecular weight is 646 g/mol. The van der Waals surface area contributed by atoms with Crippen molar-refractivity contribution in [2.75, 3.05) is 11.4 Å². The molecule has 1 saturated heterocycles. The lowest BCUT2D eigenvalue weighted by molar-refractivity contribution is -0.129. The van der Waals surface area contributed by atoms with E-state index in [1.165, 1.54) is 0 Å². The van der Waals surface area contributed by atoms with Crippen molar-refractivity contribution in [2.45, 2.75) is 66.4 Å². The predicted octanol–water partition coefficient (Wildman–Crippen LogP) is 6.81. The number of pyridine rings is 1. The molecule has 2 aromatic rings. The summed E-state index contributed by atoms with van der Waals surface area (Å²) in [6.07, 6.45) is 2.07. The van der Waals surface area contributed by atoms with Crippen molar-refractivity contribution in [3.63, 3.8) is 0 Å². The van der Waals surface area contributed by atoms with Gasteiger partial charge in [0.2, 0.25) is 11.8 Å². The zero-order valence-corrected chi connectivity index (χ0v) is 23.1. The molecule has 1 aromatic carbocycles. The number of carbonyl (C=O) groups is 2. The normalized spacial score (nSPS) is 23.3. The zero-order chi connectivity index (χ0) is 31.2. The van der Waals surface area contributed by atoms with Crippen LogP contribution in [0.5, 0.6) is 0 Å². The summed E-state index contributed by atoms with van der Waals surface area (Å²) in [4.78, 5) is 30.7. The van der Waals surface area contributed by atoms with Crippen molar-refractivity contribution < 1.29 is 42.2 Å². The number of nitrogens with zero attached hydrogens (tertiary/aromatic N) is 4. The minimum Gasteiger partial charge on any atom is -0.351 e. The van der Waals surface area contributed by atoms with Crippen LogP contribution in [-0.4, -0.2) is 51.6 Å². The van der Waals surface area contributed by atoms with E-state index in [0.717, 1.165) is 23.4 Å². The first-order valence-electron chi connectivity index (χ1n) is 12.5. The van der Waals surface area contributed by atoms with Gasteiger partial charge in [0, 0.05) is 42.9 Å². The molecule has 42 heavy (non-hydrogen) atoms. The van der Waals surface area contributed by atoms with Crippen LogP contribution < -0.4 is 10.2 Å². The average Bonchev–Trinajstić information content (AvgIpc) is 3.27. The summed E-state index contributed by atoms with van der Waals surface area (Å²) in [5.74, 6) is -5.95. The van der Waals surface area contributed by atoms with Gasteiger partial charge >= 0.3 is 10.2 Å². The summed E-state index contributed by atoms with van der Waals surface area (Å²) >= 11 is 6.14. The molecular weight excluding hydrogens is 622 g/mol. The highest BCUT2D eigenvalue weighted by Gasteiger charge is 2.65. The van der Waals surface area contributed by atoms with Gasteiger partial charge in [0.05, 0.1) is 11.6 Å². The van der Waals surface area contributed by atoms with E-state index in [1.54, 1.807) is 6.19 Å². The van der Waals surface area contributed by atoms with E-state index in [2.05, 4.69) is 10.3 Å². The molecule has 1 saturated carbocycles. The minimum atomic E-state index is -10.1. The minimum absolute atomic E-state index is 0.0419. The molecule has 7 nitrogen and oxygen atoms in total. The lowest BCUT2D eigenvalue weighted by Crippen LogP contribution is -2.52. The number of hydrogen-bond acceptors (Lipinski definition) is 5. The van der Waals surface area contributed by atoms with Gasteiger partial charge in [-0.15, -0.1) is 11.6 Å². The number of nitrogens with one attached hydrogen (secondary N) is 1. The van der Waals surface area contributed by atoms with Crippen LogP contribution >= 0.6 is 21.8 Å². The van der Waals surface area contributed by atoms with E-state index in [-0.39, 0.29) is 43.5 Å². The summed E-state index contributed by atoms with van der Waals surface area (Å²) in [6.45, 7) is -0.0832. The number of anilines is 1. The van der Waals surface area contributed by atoms with Gasteiger partial charge in [-0.2, -0.15) is 5.26 Å². The van der Waals surface area contributed by atoms with E-state index < -0.39 is 80.7 Å². The molecule has 0 bridgehead atoms. The number of nitriles is 1. The van der Waals surface area contributed by atoms with E-state index in [4.69, 9.17) is 11.6 Å². The van der Waals surface area contributed by atoms with Gasteiger partial charge in [-0.1, -0.05) is 19.4 Å². The van der Waals surface area contributed by atoms with Crippen LogP contribution in [0.15, 0.2) is 47.6 Å². The number of aromatic nitrogens is 1. The molecule has 4 rings (SSSR count). The van der Waals surface area contributed by atoms with Crippen molar-refractivity contribution >= 4 is 39.3 Å². The summed E-state index contributed by atoms with van der Waals surface area (Å²) in [5, 5.41) is 11.4. The third-order valence-corrected chi connectivity index (χ3v) is 8.55. The molecule has 17 heteroatoms. The summed E-state index contributed by atoms with van der Waals surface area (Å²) in [5.41, 5.74) is -0.733. The van der Waals surface area contributed by atoms with Crippen molar-refractivity contribution in [3.8, 4) is 6.19 Å². The van der Waals surface area contributed by atoms with Crippen molar-refractivity contribution in [2.24, 2.45) is 0 Å². The van der Waals surface area contributed by atoms with Gasteiger partial charge in [0.1, 0.15) is 22.8 Å². The van der Waals surface area contributed by atoms with Crippen LogP contribution in [0, 0.1) is 17.3 Å². The Morgan fingerprint density at radius 3 is 2.29 bits per heavy atom.